The first kappa shape index (κ1) is 12.7. The van der Waals surface area contributed by atoms with Crippen molar-refractivity contribution in [1.82, 2.24) is 0 Å². The van der Waals surface area contributed by atoms with Gasteiger partial charge in [0, 0.05) is 28.9 Å². The van der Waals surface area contributed by atoms with Gasteiger partial charge in [0.2, 0.25) is 0 Å². The first-order valence-corrected chi connectivity index (χ1v) is 7.27. The van der Waals surface area contributed by atoms with E-state index in [1.807, 2.05) is 18.2 Å². The van der Waals surface area contributed by atoms with Gasteiger partial charge in [-0.25, -0.2) is 0 Å². The molecule has 2 aromatic carbocycles. The molecule has 1 aliphatic heterocycles. The number of nitrogens with two attached hydrogens (primary N) is 1. The van der Waals surface area contributed by atoms with Crippen LogP contribution in [0.1, 0.15) is 23.6 Å². The number of rotatable bonds is 2. The molecule has 0 radical (unpaired) electrons. The number of halogens is 1. The molecular formula is C16H16BrNO. The average Bonchev–Trinajstić information content (AvgIpc) is 2.41. The molecule has 2 unspecified atom stereocenters. The number of hydrogen-bond donors (Lipinski definition) is 1. The highest BCUT2D eigenvalue weighted by Gasteiger charge is 2.26. The molecule has 0 fully saturated rings. The molecule has 3 rings (SSSR count). The van der Waals surface area contributed by atoms with Gasteiger partial charge in [-0.05, 0) is 23.8 Å². The van der Waals surface area contributed by atoms with E-state index in [2.05, 4.69) is 46.3 Å². The Kier molecular flexibility index (Phi) is 3.58. The Bertz CT molecular complexity index is 570. The lowest BCUT2D eigenvalue weighted by molar-refractivity contribution is 0.159. The normalized spacial score (nSPS) is 21.6. The Morgan fingerprint density at radius 2 is 1.95 bits per heavy atom. The van der Waals surface area contributed by atoms with Crippen molar-refractivity contribution in [2.75, 3.05) is 0 Å². The molecule has 0 saturated carbocycles. The van der Waals surface area contributed by atoms with Gasteiger partial charge in [0.05, 0.1) is 0 Å². The average molecular weight is 318 g/mol. The van der Waals surface area contributed by atoms with Crippen LogP contribution in [0.25, 0.3) is 0 Å². The van der Waals surface area contributed by atoms with E-state index >= 15 is 0 Å². The molecule has 2 atom stereocenters. The van der Waals surface area contributed by atoms with Crippen LogP contribution in [0.2, 0.25) is 0 Å². The third kappa shape index (κ3) is 2.82. The second-order valence-corrected chi connectivity index (χ2v) is 5.87. The standard InChI is InChI=1S/C16H16BrNO/c17-12-6-7-16-14(9-12)15(18)10-13(19-16)8-11-4-2-1-3-5-11/h1-7,9,13,15H,8,10,18H2. The van der Waals surface area contributed by atoms with Gasteiger partial charge in [-0.3, -0.25) is 0 Å². The van der Waals surface area contributed by atoms with Gasteiger partial charge < -0.3 is 10.5 Å². The zero-order valence-electron chi connectivity index (χ0n) is 10.6. The van der Waals surface area contributed by atoms with E-state index in [0.717, 1.165) is 28.6 Å². The molecule has 1 heterocycles. The van der Waals surface area contributed by atoms with Gasteiger partial charge in [-0.15, -0.1) is 0 Å². The summed E-state index contributed by atoms with van der Waals surface area (Å²) in [7, 11) is 0. The molecule has 0 aromatic heterocycles. The molecule has 2 aromatic rings. The third-order valence-electron chi connectivity index (χ3n) is 3.49. The van der Waals surface area contributed by atoms with Gasteiger partial charge in [0.1, 0.15) is 11.9 Å². The third-order valence-corrected chi connectivity index (χ3v) is 3.98. The van der Waals surface area contributed by atoms with E-state index in [9.17, 15) is 0 Å². The van der Waals surface area contributed by atoms with Crippen molar-refractivity contribution < 1.29 is 4.74 Å². The van der Waals surface area contributed by atoms with Crippen LogP contribution in [-0.2, 0) is 6.42 Å². The molecule has 1 aliphatic rings. The summed E-state index contributed by atoms with van der Waals surface area (Å²) < 4.78 is 7.11. The van der Waals surface area contributed by atoms with Crippen LogP contribution >= 0.6 is 15.9 Å². The monoisotopic (exact) mass is 317 g/mol. The second kappa shape index (κ2) is 5.35. The van der Waals surface area contributed by atoms with Crippen molar-refractivity contribution in [3.05, 3.63) is 64.1 Å². The van der Waals surface area contributed by atoms with Gasteiger partial charge >= 0.3 is 0 Å². The first-order chi connectivity index (χ1) is 9.22. The van der Waals surface area contributed by atoms with E-state index in [4.69, 9.17) is 10.5 Å². The fourth-order valence-corrected chi connectivity index (χ4v) is 2.94. The fraction of sp³-hybridized carbons (Fsp3) is 0.250. The Balaban J connectivity index is 1.80. The Morgan fingerprint density at radius 1 is 1.16 bits per heavy atom. The molecule has 0 amide bonds. The molecule has 0 spiro atoms. The molecule has 0 bridgehead atoms. The molecule has 3 heteroatoms. The quantitative estimate of drug-likeness (QED) is 0.913. The summed E-state index contributed by atoms with van der Waals surface area (Å²) in [6.07, 6.45) is 1.92. The van der Waals surface area contributed by atoms with Crippen molar-refractivity contribution in [3.8, 4) is 5.75 Å². The van der Waals surface area contributed by atoms with Gasteiger partial charge in [-0.2, -0.15) is 0 Å². The van der Waals surface area contributed by atoms with Crippen LogP contribution < -0.4 is 10.5 Å². The van der Waals surface area contributed by atoms with E-state index < -0.39 is 0 Å². The zero-order chi connectivity index (χ0) is 13.2. The fourth-order valence-electron chi connectivity index (χ4n) is 2.56. The molecular weight excluding hydrogens is 302 g/mol. The van der Waals surface area contributed by atoms with Crippen LogP contribution in [0, 0.1) is 0 Å². The zero-order valence-corrected chi connectivity index (χ0v) is 12.1. The summed E-state index contributed by atoms with van der Waals surface area (Å²) >= 11 is 3.48. The number of benzene rings is 2. The van der Waals surface area contributed by atoms with Crippen molar-refractivity contribution in [2.24, 2.45) is 5.73 Å². The molecule has 98 valence electrons. The van der Waals surface area contributed by atoms with E-state index in [-0.39, 0.29) is 12.1 Å². The lowest BCUT2D eigenvalue weighted by Gasteiger charge is -2.30. The largest absolute Gasteiger partial charge is 0.490 e. The molecule has 19 heavy (non-hydrogen) atoms. The van der Waals surface area contributed by atoms with Gasteiger partial charge in [-0.1, -0.05) is 46.3 Å². The van der Waals surface area contributed by atoms with Crippen LogP contribution in [0.4, 0.5) is 0 Å². The summed E-state index contributed by atoms with van der Waals surface area (Å²) in [5.74, 6) is 0.919. The molecule has 0 aliphatic carbocycles. The number of ether oxygens (including phenoxy) is 1. The van der Waals surface area contributed by atoms with Crippen LogP contribution in [-0.4, -0.2) is 6.10 Å². The van der Waals surface area contributed by atoms with Gasteiger partial charge in [0.25, 0.3) is 0 Å². The lowest BCUT2D eigenvalue weighted by Crippen LogP contribution is -2.31. The first-order valence-electron chi connectivity index (χ1n) is 6.48. The Morgan fingerprint density at radius 3 is 2.74 bits per heavy atom. The van der Waals surface area contributed by atoms with Crippen LogP contribution in [0.3, 0.4) is 0 Å². The highest BCUT2D eigenvalue weighted by Crippen LogP contribution is 2.36. The smallest absolute Gasteiger partial charge is 0.124 e. The van der Waals surface area contributed by atoms with Crippen molar-refractivity contribution in [1.29, 1.82) is 0 Å². The van der Waals surface area contributed by atoms with Crippen molar-refractivity contribution >= 4 is 15.9 Å². The predicted molar refractivity (Wildman–Crippen MR) is 80.2 cm³/mol. The summed E-state index contributed by atoms with van der Waals surface area (Å²) in [5.41, 5.74) is 8.65. The second-order valence-electron chi connectivity index (χ2n) is 4.95. The molecule has 0 saturated heterocycles. The minimum atomic E-state index is 0.0509. The lowest BCUT2D eigenvalue weighted by atomic mass is 9.94. The van der Waals surface area contributed by atoms with Gasteiger partial charge in [0.15, 0.2) is 0 Å². The Hall–Kier alpha value is -1.32. The highest BCUT2D eigenvalue weighted by atomic mass is 79.9. The van der Waals surface area contributed by atoms with Crippen LogP contribution in [0.5, 0.6) is 5.75 Å². The van der Waals surface area contributed by atoms with Crippen molar-refractivity contribution in [3.63, 3.8) is 0 Å². The maximum atomic E-state index is 6.26. The summed E-state index contributed by atoms with van der Waals surface area (Å²) in [6, 6.07) is 16.5. The summed E-state index contributed by atoms with van der Waals surface area (Å²) in [6.45, 7) is 0. The molecule has 2 nitrogen and oxygen atoms in total. The topological polar surface area (TPSA) is 35.2 Å². The predicted octanol–water partition coefficient (Wildman–Crippen LogP) is 3.84. The minimum absolute atomic E-state index is 0.0509. The minimum Gasteiger partial charge on any atom is -0.490 e. The highest BCUT2D eigenvalue weighted by molar-refractivity contribution is 9.10. The van der Waals surface area contributed by atoms with E-state index in [1.165, 1.54) is 5.56 Å². The van der Waals surface area contributed by atoms with E-state index in [0.29, 0.717) is 0 Å². The summed E-state index contributed by atoms with van der Waals surface area (Å²) in [5, 5.41) is 0. The number of hydrogen-bond acceptors (Lipinski definition) is 2. The van der Waals surface area contributed by atoms with Crippen molar-refractivity contribution in [2.45, 2.75) is 25.0 Å². The number of fused-ring (bicyclic) bond motifs is 1. The van der Waals surface area contributed by atoms with E-state index in [1.54, 1.807) is 0 Å². The Labute approximate surface area is 121 Å². The summed E-state index contributed by atoms with van der Waals surface area (Å²) in [4.78, 5) is 0. The maximum absolute atomic E-state index is 6.26. The van der Waals surface area contributed by atoms with Crippen LogP contribution in [0.15, 0.2) is 53.0 Å². The SMILES string of the molecule is NC1CC(Cc2ccccc2)Oc2ccc(Br)cc21. The molecule has 2 N–H and O–H groups in total. The maximum Gasteiger partial charge on any atom is 0.124 e.